The molecule has 2 rings (SSSR count). The summed E-state index contributed by atoms with van der Waals surface area (Å²) < 4.78 is 0. The van der Waals surface area contributed by atoms with Crippen molar-refractivity contribution in [1.29, 1.82) is 0 Å². The van der Waals surface area contributed by atoms with Gasteiger partial charge in [-0.1, -0.05) is 24.3 Å². The fraction of sp³-hybridized carbons (Fsp3) is 0.500. The predicted octanol–water partition coefficient (Wildman–Crippen LogP) is 2.36. The van der Waals surface area contributed by atoms with Gasteiger partial charge in [0.05, 0.1) is 0 Å². The molecular weight excluding hydrogens is 268 g/mol. The summed E-state index contributed by atoms with van der Waals surface area (Å²) in [6.07, 6.45) is 1.54. The van der Waals surface area contributed by atoms with Gasteiger partial charge >= 0.3 is 12.0 Å². The maximum absolute atomic E-state index is 12.0. The van der Waals surface area contributed by atoms with Crippen molar-refractivity contribution in [3.8, 4) is 0 Å². The van der Waals surface area contributed by atoms with Crippen molar-refractivity contribution in [3.63, 3.8) is 0 Å². The van der Waals surface area contributed by atoms with Crippen LogP contribution in [0.1, 0.15) is 36.3 Å². The molecule has 1 atom stereocenters. The molecule has 1 aliphatic heterocycles. The van der Waals surface area contributed by atoms with Gasteiger partial charge in [-0.3, -0.25) is 4.79 Å². The second kappa shape index (κ2) is 7.11. The molecule has 0 spiro atoms. The first-order chi connectivity index (χ1) is 10.1. The van der Waals surface area contributed by atoms with E-state index in [9.17, 15) is 9.59 Å². The SMILES string of the molecule is Cc1ccccc1C1CCN(C(=O)NCCCC(=O)O)C1. The zero-order valence-electron chi connectivity index (χ0n) is 12.3. The van der Waals surface area contributed by atoms with Crippen LogP contribution in [-0.2, 0) is 4.79 Å². The molecule has 1 aliphatic rings. The number of hydrogen-bond donors (Lipinski definition) is 2. The van der Waals surface area contributed by atoms with E-state index in [1.54, 1.807) is 0 Å². The van der Waals surface area contributed by atoms with Crippen LogP contribution in [0.3, 0.4) is 0 Å². The summed E-state index contributed by atoms with van der Waals surface area (Å²) in [4.78, 5) is 24.2. The number of carbonyl (C=O) groups is 2. The quantitative estimate of drug-likeness (QED) is 0.818. The van der Waals surface area contributed by atoms with Crippen molar-refractivity contribution in [1.82, 2.24) is 10.2 Å². The number of hydrogen-bond acceptors (Lipinski definition) is 2. The number of carbonyl (C=O) groups excluding carboxylic acids is 1. The van der Waals surface area contributed by atoms with Crippen LogP contribution < -0.4 is 5.32 Å². The van der Waals surface area contributed by atoms with Gasteiger partial charge < -0.3 is 15.3 Å². The van der Waals surface area contributed by atoms with Gasteiger partial charge in [-0.25, -0.2) is 4.79 Å². The zero-order valence-corrected chi connectivity index (χ0v) is 12.3. The van der Waals surface area contributed by atoms with Crippen molar-refractivity contribution in [3.05, 3.63) is 35.4 Å². The molecule has 5 nitrogen and oxygen atoms in total. The average Bonchev–Trinajstić information content (AvgIpc) is 2.93. The Balaban J connectivity index is 1.81. The van der Waals surface area contributed by atoms with E-state index >= 15 is 0 Å². The average molecular weight is 290 g/mol. The van der Waals surface area contributed by atoms with Crippen molar-refractivity contribution in [2.75, 3.05) is 19.6 Å². The lowest BCUT2D eigenvalue weighted by Crippen LogP contribution is -2.38. The Hall–Kier alpha value is -2.04. The first-order valence-corrected chi connectivity index (χ1v) is 7.38. The monoisotopic (exact) mass is 290 g/mol. The Morgan fingerprint density at radius 2 is 2.14 bits per heavy atom. The van der Waals surface area contributed by atoms with E-state index in [0.717, 1.165) is 19.5 Å². The first kappa shape index (κ1) is 15.4. The number of carboxylic acids is 1. The minimum absolute atomic E-state index is 0.0866. The van der Waals surface area contributed by atoms with E-state index in [0.29, 0.717) is 18.9 Å². The smallest absolute Gasteiger partial charge is 0.317 e. The van der Waals surface area contributed by atoms with E-state index < -0.39 is 5.97 Å². The van der Waals surface area contributed by atoms with Crippen LogP contribution in [0.5, 0.6) is 0 Å². The van der Waals surface area contributed by atoms with Gasteiger partial charge in [0.15, 0.2) is 0 Å². The number of carboxylic acid groups (broad SMARTS) is 1. The highest BCUT2D eigenvalue weighted by atomic mass is 16.4. The lowest BCUT2D eigenvalue weighted by molar-refractivity contribution is -0.137. The van der Waals surface area contributed by atoms with E-state index in [2.05, 4.69) is 24.4 Å². The number of nitrogens with zero attached hydrogens (tertiary/aromatic N) is 1. The molecule has 1 fully saturated rings. The second-order valence-corrected chi connectivity index (χ2v) is 5.52. The number of nitrogens with one attached hydrogen (secondary N) is 1. The minimum atomic E-state index is -0.829. The summed E-state index contributed by atoms with van der Waals surface area (Å²) in [7, 11) is 0. The first-order valence-electron chi connectivity index (χ1n) is 7.38. The standard InChI is InChI=1S/C16H22N2O3/c1-12-5-2-3-6-14(12)13-8-10-18(11-13)16(21)17-9-4-7-15(19)20/h2-3,5-6,13H,4,7-11H2,1H3,(H,17,21)(H,19,20). The lowest BCUT2D eigenvalue weighted by atomic mass is 9.94. The van der Waals surface area contributed by atoms with E-state index in [4.69, 9.17) is 5.11 Å². The molecule has 1 aromatic carbocycles. The summed E-state index contributed by atoms with van der Waals surface area (Å²) in [5.41, 5.74) is 2.59. The summed E-state index contributed by atoms with van der Waals surface area (Å²) >= 11 is 0. The largest absolute Gasteiger partial charge is 0.481 e. The van der Waals surface area contributed by atoms with E-state index in [1.807, 2.05) is 17.0 Å². The van der Waals surface area contributed by atoms with Crippen LogP contribution in [0.4, 0.5) is 4.79 Å². The van der Waals surface area contributed by atoms with Crippen molar-refractivity contribution in [2.45, 2.75) is 32.1 Å². The topological polar surface area (TPSA) is 69.6 Å². The van der Waals surface area contributed by atoms with Crippen molar-refractivity contribution < 1.29 is 14.7 Å². The molecule has 1 saturated heterocycles. The molecule has 114 valence electrons. The molecule has 1 unspecified atom stereocenters. The summed E-state index contributed by atoms with van der Waals surface area (Å²) in [5, 5.41) is 11.3. The van der Waals surface area contributed by atoms with Crippen molar-refractivity contribution in [2.24, 2.45) is 0 Å². The van der Waals surface area contributed by atoms with Crippen LogP contribution in [0.25, 0.3) is 0 Å². The van der Waals surface area contributed by atoms with E-state index in [-0.39, 0.29) is 12.5 Å². The number of benzene rings is 1. The van der Waals surface area contributed by atoms with Crippen molar-refractivity contribution >= 4 is 12.0 Å². The predicted molar refractivity (Wildman–Crippen MR) is 80.4 cm³/mol. The maximum Gasteiger partial charge on any atom is 0.317 e. The molecule has 0 radical (unpaired) electrons. The van der Waals surface area contributed by atoms with Gasteiger partial charge in [0.25, 0.3) is 0 Å². The Bertz CT molecular complexity index is 516. The second-order valence-electron chi connectivity index (χ2n) is 5.52. The van der Waals surface area contributed by atoms with Gasteiger partial charge in [-0.05, 0) is 30.9 Å². The third kappa shape index (κ3) is 4.21. The van der Waals surface area contributed by atoms with Crippen LogP contribution in [0, 0.1) is 6.92 Å². The highest BCUT2D eigenvalue weighted by Gasteiger charge is 2.27. The fourth-order valence-electron chi connectivity index (χ4n) is 2.79. The molecule has 0 saturated carbocycles. The van der Waals surface area contributed by atoms with Crippen LogP contribution in [-0.4, -0.2) is 41.6 Å². The zero-order chi connectivity index (χ0) is 15.2. The molecule has 1 heterocycles. The molecule has 5 heteroatoms. The van der Waals surface area contributed by atoms with E-state index in [1.165, 1.54) is 11.1 Å². The number of rotatable bonds is 5. The van der Waals surface area contributed by atoms with Crippen LogP contribution in [0.2, 0.25) is 0 Å². The normalized spacial score (nSPS) is 17.8. The van der Waals surface area contributed by atoms with Crippen LogP contribution >= 0.6 is 0 Å². The Morgan fingerprint density at radius 3 is 2.86 bits per heavy atom. The minimum Gasteiger partial charge on any atom is -0.481 e. The Kier molecular flexibility index (Phi) is 5.20. The van der Waals surface area contributed by atoms with Gasteiger partial charge in [0.2, 0.25) is 0 Å². The van der Waals surface area contributed by atoms with Gasteiger partial charge in [0.1, 0.15) is 0 Å². The molecule has 0 aliphatic carbocycles. The number of likely N-dealkylation sites (tertiary alicyclic amines) is 1. The van der Waals surface area contributed by atoms with Gasteiger partial charge in [0, 0.05) is 32.0 Å². The lowest BCUT2D eigenvalue weighted by Gasteiger charge is -2.18. The fourth-order valence-corrected chi connectivity index (χ4v) is 2.79. The number of amides is 2. The molecule has 0 aromatic heterocycles. The number of urea groups is 1. The van der Waals surface area contributed by atoms with Gasteiger partial charge in [-0.15, -0.1) is 0 Å². The molecule has 2 N–H and O–H groups in total. The summed E-state index contributed by atoms with van der Waals surface area (Å²) in [5.74, 6) is -0.430. The number of aliphatic carboxylic acids is 1. The molecule has 1 aromatic rings. The van der Waals surface area contributed by atoms with Gasteiger partial charge in [-0.2, -0.15) is 0 Å². The Labute approximate surface area is 125 Å². The van der Waals surface area contributed by atoms with Crippen LogP contribution in [0.15, 0.2) is 24.3 Å². The summed E-state index contributed by atoms with van der Waals surface area (Å²) in [6.45, 7) is 4.00. The maximum atomic E-state index is 12.0. The summed E-state index contributed by atoms with van der Waals surface area (Å²) in [6, 6.07) is 8.21. The Morgan fingerprint density at radius 1 is 1.38 bits per heavy atom. The highest BCUT2D eigenvalue weighted by molar-refractivity contribution is 5.74. The third-order valence-electron chi connectivity index (χ3n) is 3.95. The molecule has 2 amide bonds. The third-order valence-corrected chi connectivity index (χ3v) is 3.95. The number of aryl methyl sites for hydroxylation is 1. The highest BCUT2D eigenvalue weighted by Crippen LogP contribution is 2.29. The molecular formula is C16H22N2O3. The molecule has 0 bridgehead atoms. The molecule has 21 heavy (non-hydrogen) atoms.